The number of carbonyl (C=O) groups excluding carboxylic acids is 2. The molecule has 0 unspecified atom stereocenters. The molecule has 1 aromatic carbocycles. The van der Waals surface area contributed by atoms with Gasteiger partial charge in [0.1, 0.15) is 5.70 Å². The largest absolute Gasteiger partial charge is 0.351 e. The van der Waals surface area contributed by atoms with Crippen LogP contribution in [0.4, 0.5) is 0 Å². The van der Waals surface area contributed by atoms with Crippen LogP contribution in [0.5, 0.6) is 0 Å². The van der Waals surface area contributed by atoms with E-state index < -0.39 is 5.41 Å². The van der Waals surface area contributed by atoms with Gasteiger partial charge in [0.25, 0.3) is 5.91 Å². The number of benzene rings is 1. The molecule has 0 aliphatic rings. The van der Waals surface area contributed by atoms with Gasteiger partial charge in [-0.05, 0) is 29.7 Å². The van der Waals surface area contributed by atoms with Crippen LogP contribution in [0.25, 0.3) is 6.08 Å². The average molecular weight is 337 g/mol. The second-order valence-electron chi connectivity index (χ2n) is 6.92. The number of hydrogen-bond donors (Lipinski definition) is 2. The van der Waals surface area contributed by atoms with Gasteiger partial charge in [-0.2, -0.15) is 0 Å². The zero-order chi connectivity index (χ0) is 17.6. The molecule has 0 saturated carbocycles. The van der Waals surface area contributed by atoms with Crippen molar-refractivity contribution in [2.24, 2.45) is 11.3 Å². The van der Waals surface area contributed by atoms with Gasteiger partial charge in [-0.25, -0.2) is 0 Å². The number of carbonyl (C=O) groups is 2. The van der Waals surface area contributed by atoms with Crippen LogP contribution in [0.15, 0.2) is 30.0 Å². The first-order chi connectivity index (χ1) is 10.6. The summed E-state index contributed by atoms with van der Waals surface area (Å²) in [4.78, 5) is 24.6. The molecule has 0 heterocycles. The fourth-order valence-electron chi connectivity index (χ4n) is 1.59. The number of amides is 2. The maximum Gasteiger partial charge on any atom is 0.267 e. The SMILES string of the molecule is CC(C)CNC(=O)/C(=C\c1ccc(Cl)cc1)NC(=O)C(C)(C)C. The molecule has 0 spiro atoms. The Kier molecular flexibility index (Phi) is 6.82. The highest BCUT2D eigenvalue weighted by atomic mass is 35.5. The lowest BCUT2D eigenvalue weighted by Crippen LogP contribution is -2.40. The first-order valence-electron chi connectivity index (χ1n) is 7.66. The third kappa shape index (κ3) is 6.87. The first kappa shape index (κ1) is 19.2. The van der Waals surface area contributed by atoms with E-state index in [1.807, 2.05) is 13.8 Å². The molecule has 23 heavy (non-hydrogen) atoms. The monoisotopic (exact) mass is 336 g/mol. The van der Waals surface area contributed by atoms with Gasteiger partial charge in [0.15, 0.2) is 0 Å². The Morgan fingerprint density at radius 2 is 1.74 bits per heavy atom. The van der Waals surface area contributed by atoms with Gasteiger partial charge in [0, 0.05) is 17.0 Å². The Labute approximate surface area is 143 Å². The molecule has 1 aromatic rings. The predicted molar refractivity (Wildman–Crippen MR) is 94.9 cm³/mol. The molecule has 1 rings (SSSR count). The number of hydrogen-bond acceptors (Lipinski definition) is 2. The molecule has 0 fully saturated rings. The fraction of sp³-hybridized carbons (Fsp3) is 0.444. The molecule has 2 N–H and O–H groups in total. The van der Waals surface area contributed by atoms with Crippen LogP contribution < -0.4 is 10.6 Å². The van der Waals surface area contributed by atoms with Crippen molar-refractivity contribution in [3.8, 4) is 0 Å². The summed E-state index contributed by atoms with van der Waals surface area (Å²) in [7, 11) is 0. The molecule has 126 valence electrons. The Morgan fingerprint density at radius 1 is 1.17 bits per heavy atom. The molecule has 0 aliphatic heterocycles. The highest BCUT2D eigenvalue weighted by Gasteiger charge is 2.24. The summed E-state index contributed by atoms with van der Waals surface area (Å²) in [5, 5.41) is 6.16. The molecule has 0 bridgehead atoms. The molecule has 0 saturated heterocycles. The van der Waals surface area contributed by atoms with Gasteiger partial charge in [0.05, 0.1) is 0 Å². The summed E-state index contributed by atoms with van der Waals surface area (Å²) < 4.78 is 0. The van der Waals surface area contributed by atoms with Gasteiger partial charge in [-0.1, -0.05) is 58.4 Å². The molecule has 0 radical (unpaired) electrons. The zero-order valence-corrected chi connectivity index (χ0v) is 15.1. The normalized spacial score (nSPS) is 12.2. The van der Waals surface area contributed by atoms with E-state index in [4.69, 9.17) is 11.6 Å². The summed E-state index contributed by atoms with van der Waals surface area (Å²) >= 11 is 5.87. The first-order valence-corrected chi connectivity index (χ1v) is 8.04. The molecular weight excluding hydrogens is 312 g/mol. The van der Waals surface area contributed by atoms with Gasteiger partial charge >= 0.3 is 0 Å². The molecule has 0 aliphatic carbocycles. The van der Waals surface area contributed by atoms with Crippen LogP contribution in [0.3, 0.4) is 0 Å². The molecule has 0 aromatic heterocycles. The maximum absolute atomic E-state index is 12.4. The van der Waals surface area contributed by atoms with Crippen molar-refractivity contribution in [1.29, 1.82) is 0 Å². The van der Waals surface area contributed by atoms with E-state index in [9.17, 15) is 9.59 Å². The highest BCUT2D eigenvalue weighted by molar-refractivity contribution is 6.30. The van der Waals surface area contributed by atoms with Gasteiger partial charge in [-0.15, -0.1) is 0 Å². The van der Waals surface area contributed by atoms with Crippen LogP contribution in [0.2, 0.25) is 5.02 Å². The average Bonchev–Trinajstić information content (AvgIpc) is 2.45. The lowest BCUT2D eigenvalue weighted by Gasteiger charge is -2.19. The quantitative estimate of drug-likeness (QED) is 0.807. The Bertz CT molecular complexity index is 584. The van der Waals surface area contributed by atoms with Gasteiger partial charge < -0.3 is 10.6 Å². The van der Waals surface area contributed by atoms with Crippen molar-refractivity contribution >= 4 is 29.5 Å². The van der Waals surface area contributed by atoms with Crippen molar-refractivity contribution in [2.45, 2.75) is 34.6 Å². The summed E-state index contributed by atoms with van der Waals surface area (Å²) in [5.41, 5.74) is 0.434. The van der Waals surface area contributed by atoms with E-state index in [2.05, 4.69) is 10.6 Å². The van der Waals surface area contributed by atoms with Crippen molar-refractivity contribution in [3.05, 3.63) is 40.5 Å². The van der Waals surface area contributed by atoms with Crippen LogP contribution in [-0.2, 0) is 9.59 Å². The summed E-state index contributed by atoms with van der Waals surface area (Å²) in [5.74, 6) is -0.183. The topological polar surface area (TPSA) is 58.2 Å². The third-order valence-electron chi connectivity index (χ3n) is 3.03. The number of nitrogens with one attached hydrogen (secondary N) is 2. The molecule has 4 nitrogen and oxygen atoms in total. The lowest BCUT2D eigenvalue weighted by atomic mass is 9.95. The van der Waals surface area contributed by atoms with Crippen LogP contribution in [0, 0.1) is 11.3 Å². The second-order valence-corrected chi connectivity index (χ2v) is 7.35. The van der Waals surface area contributed by atoms with E-state index in [0.29, 0.717) is 17.5 Å². The van der Waals surface area contributed by atoms with Crippen molar-refractivity contribution in [3.63, 3.8) is 0 Å². The Morgan fingerprint density at radius 3 is 2.22 bits per heavy atom. The Hall–Kier alpha value is -1.81. The van der Waals surface area contributed by atoms with E-state index in [1.165, 1.54) is 0 Å². The zero-order valence-electron chi connectivity index (χ0n) is 14.4. The lowest BCUT2D eigenvalue weighted by molar-refractivity contribution is -0.129. The number of rotatable bonds is 5. The Balaban J connectivity index is 3.02. The smallest absolute Gasteiger partial charge is 0.267 e. The molecule has 2 amide bonds. The summed E-state index contributed by atoms with van der Waals surface area (Å²) in [6.45, 7) is 9.96. The minimum absolute atomic E-state index is 0.211. The van der Waals surface area contributed by atoms with Crippen molar-refractivity contribution < 1.29 is 9.59 Å². The molecule has 0 atom stereocenters. The van der Waals surface area contributed by atoms with Crippen LogP contribution in [0.1, 0.15) is 40.2 Å². The minimum Gasteiger partial charge on any atom is -0.351 e. The van der Waals surface area contributed by atoms with E-state index >= 15 is 0 Å². The fourth-order valence-corrected chi connectivity index (χ4v) is 1.71. The van der Waals surface area contributed by atoms with E-state index in [0.717, 1.165) is 5.56 Å². The highest BCUT2D eigenvalue weighted by Crippen LogP contribution is 2.16. The summed E-state index contributed by atoms with van der Waals surface area (Å²) in [6.07, 6.45) is 1.65. The van der Waals surface area contributed by atoms with E-state index in [1.54, 1.807) is 51.1 Å². The van der Waals surface area contributed by atoms with E-state index in [-0.39, 0.29) is 17.5 Å². The maximum atomic E-state index is 12.4. The molecule has 5 heteroatoms. The second kappa shape index (κ2) is 8.16. The van der Waals surface area contributed by atoms with Gasteiger partial charge in [0.2, 0.25) is 5.91 Å². The minimum atomic E-state index is -0.586. The predicted octanol–water partition coefficient (Wildman–Crippen LogP) is 3.62. The molecular formula is C18H25ClN2O2. The van der Waals surface area contributed by atoms with Gasteiger partial charge in [-0.3, -0.25) is 9.59 Å². The van der Waals surface area contributed by atoms with Crippen molar-refractivity contribution in [1.82, 2.24) is 10.6 Å². The standard InChI is InChI=1S/C18H25ClN2O2/c1-12(2)11-20-16(22)15(21-17(23)18(3,4)5)10-13-6-8-14(19)9-7-13/h6-10,12H,11H2,1-5H3,(H,20,22)(H,21,23)/b15-10+. The summed E-state index contributed by atoms with van der Waals surface area (Å²) in [6, 6.07) is 7.06. The van der Waals surface area contributed by atoms with Crippen LogP contribution in [-0.4, -0.2) is 18.4 Å². The third-order valence-corrected chi connectivity index (χ3v) is 3.28. The van der Waals surface area contributed by atoms with Crippen LogP contribution >= 0.6 is 11.6 Å². The number of halogens is 1. The van der Waals surface area contributed by atoms with Crippen molar-refractivity contribution in [2.75, 3.05) is 6.54 Å².